The quantitative estimate of drug-likeness (QED) is 0.235. The molecule has 5 aromatic carbocycles. The Labute approximate surface area is 227 Å². The summed E-state index contributed by atoms with van der Waals surface area (Å²) in [5.41, 5.74) is 3.79. The molecule has 0 fully saturated rings. The summed E-state index contributed by atoms with van der Waals surface area (Å²) >= 11 is 12.1. The zero-order valence-corrected chi connectivity index (χ0v) is 22.6. The van der Waals surface area contributed by atoms with Crippen LogP contribution in [0.25, 0.3) is 32.7 Å². The van der Waals surface area contributed by atoms with Gasteiger partial charge in [0.25, 0.3) is 5.91 Å². The van der Waals surface area contributed by atoms with Gasteiger partial charge in [-0.2, -0.15) is 0 Å². The maximum absolute atomic E-state index is 12.7. The molecular formula is C32H29Cl2NO2. The standard InChI is InChI=1S/C18H20ClNO.C14H9ClO/c1-4-20(5-2)18(21)16-11-10-14(19)12-17(16)15-9-7-6-8-13(15)3;15-10-5-6-12-13(8-10)11-4-2-1-3-9(11)7-14(12)16/h6-12H,4-5H2,1-3H3;1-8,16H. The first-order valence-electron chi connectivity index (χ1n) is 12.3. The van der Waals surface area contributed by atoms with Gasteiger partial charge in [0.1, 0.15) is 5.75 Å². The number of amides is 1. The third-order valence-corrected chi connectivity index (χ3v) is 6.97. The van der Waals surface area contributed by atoms with Crippen LogP contribution < -0.4 is 0 Å². The van der Waals surface area contributed by atoms with Gasteiger partial charge in [-0.3, -0.25) is 4.79 Å². The van der Waals surface area contributed by atoms with Gasteiger partial charge in [-0.25, -0.2) is 0 Å². The lowest BCUT2D eigenvalue weighted by molar-refractivity contribution is 0.0774. The van der Waals surface area contributed by atoms with Crippen LogP contribution in [-0.4, -0.2) is 29.0 Å². The fraction of sp³-hybridized carbons (Fsp3) is 0.156. The van der Waals surface area contributed by atoms with Gasteiger partial charge in [-0.1, -0.05) is 71.7 Å². The number of aryl methyl sites for hydroxylation is 1. The van der Waals surface area contributed by atoms with Crippen molar-refractivity contribution >= 4 is 50.7 Å². The van der Waals surface area contributed by atoms with E-state index in [2.05, 4.69) is 0 Å². The average Bonchev–Trinajstić information content (AvgIpc) is 2.90. The van der Waals surface area contributed by atoms with Crippen LogP contribution >= 0.6 is 23.2 Å². The van der Waals surface area contributed by atoms with Gasteiger partial charge in [0, 0.05) is 34.1 Å². The molecule has 5 aromatic rings. The Kier molecular flexibility index (Phi) is 8.38. The highest BCUT2D eigenvalue weighted by Crippen LogP contribution is 2.34. The molecule has 0 aliphatic heterocycles. The maximum Gasteiger partial charge on any atom is 0.254 e. The summed E-state index contributed by atoms with van der Waals surface area (Å²) in [7, 11) is 0. The molecule has 0 spiro atoms. The van der Waals surface area contributed by atoms with E-state index in [1.54, 1.807) is 18.2 Å². The van der Waals surface area contributed by atoms with Crippen molar-refractivity contribution in [2.45, 2.75) is 20.8 Å². The van der Waals surface area contributed by atoms with E-state index < -0.39 is 0 Å². The predicted molar refractivity (Wildman–Crippen MR) is 157 cm³/mol. The predicted octanol–water partition coefficient (Wildman–Crippen LogP) is 9.15. The van der Waals surface area contributed by atoms with Crippen LogP contribution in [0.3, 0.4) is 0 Å². The summed E-state index contributed by atoms with van der Waals surface area (Å²) < 4.78 is 0. The van der Waals surface area contributed by atoms with Gasteiger partial charge < -0.3 is 10.0 Å². The lowest BCUT2D eigenvalue weighted by atomic mass is 9.95. The van der Waals surface area contributed by atoms with Crippen molar-refractivity contribution in [3.63, 3.8) is 0 Å². The highest BCUT2D eigenvalue weighted by molar-refractivity contribution is 6.32. The summed E-state index contributed by atoms with van der Waals surface area (Å²) in [4.78, 5) is 14.5. The van der Waals surface area contributed by atoms with Crippen molar-refractivity contribution in [3.8, 4) is 16.9 Å². The lowest BCUT2D eigenvalue weighted by Gasteiger charge is -2.21. The largest absolute Gasteiger partial charge is 0.507 e. The Morgan fingerprint density at radius 3 is 2.11 bits per heavy atom. The number of phenols is 1. The number of aromatic hydroxyl groups is 1. The van der Waals surface area contributed by atoms with E-state index in [1.165, 1.54) is 0 Å². The molecule has 0 saturated heterocycles. The van der Waals surface area contributed by atoms with Crippen LogP contribution in [0.4, 0.5) is 0 Å². The minimum atomic E-state index is 0.0509. The second kappa shape index (κ2) is 11.7. The summed E-state index contributed by atoms with van der Waals surface area (Å²) in [5, 5.41) is 15.2. The Hall–Kier alpha value is -3.53. The highest BCUT2D eigenvalue weighted by Gasteiger charge is 2.18. The number of hydrogen-bond donors (Lipinski definition) is 1. The molecule has 188 valence electrons. The molecule has 37 heavy (non-hydrogen) atoms. The van der Waals surface area contributed by atoms with E-state index in [1.807, 2.05) is 98.5 Å². The number of fused-ring (bicyclic) bond motifs is 3. The molecule has 0 aliphatic rings. The Balaban J connectivity index is 0.000000179. The van der Waals surface area contributed by atoms with Gasteiger partial charge in [0.15, 0.2) is 0 Å². The first-order valence-corrected chi connectivity index (χ1v) is 13.0. The van der Waals surface area contributed by atoms with Crippen molar-refractivity contribution in [2.24, 2.45) is 0 Å². The van der Waals surface area contributed by atoms with Crippen LogP contribution in [0.15, 0.2) is 91.0 Å². The number of phenolic OH excluding ortho intramolecular Hbond substituents is 1. The van der Waals surface area contributed by atoms with E-state index >= 15 is 0 Å². The molecule has 0 saturated carbocycles. The van der Waals surface area contributed by atoms with Crippen molar-refractivity contribution in [2.75, 3.05) is 13.1 Å². The zero-order chi connectivity index (χ0) is 26.5. The molecule has 1 N–H and O–H groups in total. The third kappa shape index (κ3) is 5.74. The first-order chi connectivity index (χ1) is 17.8. The third-order valence-electron chi connectivity index (χ3n) is 6.50. The van der Waals surface area contributed by atoms with Gasteiger partial charge >= 0.3 is 0 Å². The number of hydrogen-bond acceptors (Lipinski definition) is 2. The lowest BCUT2D eigenvalue weighted by Crippen LogP contribution is -2.30. The summed E-state index contributed by atoms with van der Waals surface area (Å²) in [6.45, 7) is 7.42. The number of nitrogens with zero attached hydrogens (tertiary/aromatic N) is 1. The van der Waals surface area contributed by atoms with E-state index in [-0.39, 0.29) is 5.91 Å². The smallest absolute Gasteiger partial charge is 0.254 e. The Morgan fingerprint density at radius 1 is 0.730 bits per heavy atom. The van der Waals surface area contributed by atoms with E-state index in [0.717, 1.165) is 38.2 Å². The van der Waals surface area contributed by atoms with Crippen LogP contribution in [0.2, 0.25) is 10.0 Å². The summed E-state index contributed by atoms with van der Waals surface area (Å²) in [6.07, 6.45) is 0. The average molecular weight is 530 g/mol. The molecular weight excluding hydrogens is 501 g/mol. The zero-order valence-electron chi connectivity index (χ0n) is 21.1. The second-order valence-corrected chi connectivity index (χ2v) is 9.66. The molecule has 1 amide bonds. The Bertz CT molecular complexity index is 1570. The summed E-state index contributed by atoms with van der Waals surface area (Å²) in [5.74, 6) is 0.347. The minimum Gasteiger partial charge on any atom is -0.507 e. The molecule has 0 heterocycles. The number of rotatable bonds is 4. The number of carbonyl (C=O) groups is 1. The van der Waals surface area contributed by atoms with Crippen molar-refractivity contribution < 1.29 is 9.90 Å². The van der Waals surface area contributed by atoms with Crippen molar-refractivity contribution in [3.05, 3.63) is 112 Å². The van der Waals surface area contributed by atoms with Crippen molar-refractivity contribution in [1.29, 1.82) is 0 Å². The maximum atomic E-state index is 12.7. The fourth-order valence-electron chi connectivity index (χ4n) is 4.54. The molecule has 0 aliphatic carbocycles. The van der Waals surface area contributed by atoms with Crippen LogP contribution in [0, 0.1) is 6.92 Å². The molecule has 5 rings (SSSR count). The minimum absolute atomic E-state index is 0.0509. The van der Waals surface area contributed by atoms with Crippen LogP contribution in [-0.2, 0) is 0 Å². The van der Waals surface area contributed by atoms with E-state index in [9.17, 15) is 9.90 Å². The summed E-state index contributed by atoms with van der Waals surface area (Å²) in [6, 6.07) is 28.8. The van der Waals surface area contributed by atoms with E-state index in [4.69, 9.17) is 23.2 Å². The van der Waals surface area contributed by atoms with Gasteiger partial charge in [-0.05, 0) is 96.1 Å². The van der Waals surface area contributed by atoms with Gasteiger partial charge in [-0.15, -0.1) is 0 Å². The molecule has 0 unspecified atom stereocenters. The van der Waals surface area contributed by atoms with E-state index in [0.29, 0.717) is 34.4 Å². The number of carbonyl (C=O) groups excluding carboxylic acids is 1. The molecule has 3 nitrogen and oxygen atoms in total. The molecule has 0 radical (unpaired) electrons. The normalized spacial score (nSPS) is 10.7. The molecule has 5 heteroatoms. The first kappa shape index (κ1) is 26.5. The van der Waals surface area contributed by atoms with Crippen molar-refractivity contribution in [1.82, 2.24) is 4.90 Å². The van der Waals surface area contributed by atoms with Crippen LogP contribution in [0.1, 0.15) is 29.8 Å². The monoisotopic (exact) mass is 529 g/mol. The molecule has 0 bridgehead atoms. The molecule has 0 atom stereocenters. The highest BCUT2D eigenvalue weighted by atomic mass is 35.5. The van der Waals surface area contributed by atoms with Gasteiger partial charge in [0.2, 0.25) is 0 Å². The molecule has 0 aromatic heterocycles. The van der Waals surface area contributed by atoms with Crippen LogP contribution in [0.5, 0.6) is 5.75 Å². The fourth-order valence-corrected chi connectivity index (χ4v) is 4.88. The second-order valence-electron chi connectivity index (χ2n) is 8.79. The SMILES string of the molecule is CCN(CC)C(=O)c1ccc(Cl)cc1-c1ccccc1C.Oc1cc2ccccc2c2cc(Cl)ccc12. The Morgan fingerprint density at radius 2 is 1.38 bits per heavy atom. The number of benzene rings is 5. The topological polar surface area (TPSA) is 40.5 Å². The number of halogens is 2. The van der Waals surface area contributed by atoms with Gasteiger partial charge in [0.05, 0.1) is 0 Å².